The van der Waals surface area contributed by atoms with Gasteiger partial charge in [-0.15, -0.1) is 0 Å². The van der Waals surface area contributed by atoms with Crippen molar-refractivity contribution in [2.24, 2.45) is 0 Å². The Morgan fingerprint density at radius 3 is 2.44 bits per heavy atom. The van der Waals surface area contributed by atoms with Gasteiger partial charge in [0.15, 0.2) is 11.5 Å². The second-order valence-corrected chi connectivity index (χ2v) is 9.00. The van der Waals surface area contributed by atoms with E-state index in [0.29, 0.717) is 12.4 Å². The number of hydrogen-bond acceptors (Lipinski definition) is 8. The Hall–Kier alpha value is -5.00. The molecule has 1 aliphatic rings. The summed E-state index contributed by atoms with van der Waals surface area (Å²) in [7, 11) is 0. The van der Waals surface area contributed by atoms with Crippen LogP contribution in [0.2, 0.25) is 0 Å². The minimum absolute atomic E-state index is 0.0199. The van der Waals surface area contributed by atoms with Gasteiger partial charge in [-0.3, -0.25) is 4.79 Å². The molecule has 0 unspecified atom stereocenters. The molecule has 12 heteroatoms. The van der Waals surface area contributed by atoms with Crippen LogP contribution in [0.25, 0.3) is 22.1 Å². The van der Waals surface area contributed by atoms with Gasteiger partial charge in [0.05, 0.1) is 10.9 Å². The van der Waals surface area contributed by atoms with Crippen molar-refractivity contribution in [2.75, 3.05) is 13.2 Å². The summed E-state index contributed by atoms with van der Waals surface area (Å²) in [5.41, 5.74) is -1.41. The van der Waals surface area contributed by atoms with Crippen LogP contribution in [0.4, 0.5) is 18.0 Å². The third kappa shape index (κ3) is 6.11. The zero-order valence-electron chi connectivity index (χ0n) is 21.4. The maximum atomic E-state index is 14.1. The smallest absolute Gasteiger partial charge is 0.450 e. The molecule has 5 rings (SSSR count). The van der Waals surface area contributed by atoms with E-state index in [1.807, 2.05) is 6.07 Å². The minimum Gasteiger partial charge on any atom is -0.486 e. The van der Waals surface area contributed by atoms with Crippen LogP contribution in [-0.2, 0) is 22.3 Å². The fourth-order valence-corrected chi connectivity index (χ4v) is 4.10. The number of alkyl carbamates (subject to hydrolysis) is 1. The summed E-state index contributed by atoms with van der Waals surface area (Å²) in [6.45, 7) is 1.82. The summed E-state index contributed by atoms with van der Waals surface area (Å²) in [6, 6.07) is 15.2. The van der Waals surface area contributed by atoms with E-state index in [1.54, 1.807) is 24.3 Å². The highest BCUT2D eigenvalue weighted by molar-refractivity contribution is 5.86. The normalized spacial score (nSPS) is 13.4. The summed E-state index contributed by atoms with van der Waals surface area (Å²) >= 11 is 0. The Labute approximate surface area is 230 Å². The monoisotopic (exact) mass is 569 g/mol. The lowest BCUT2D eigenvalue weighted by Gasteiger charge is -2.19. The number of esters is 1. The Kier molecular flexibility index (Phi) is 7.56. The highest BCUT2D eigenvalue weighted by Gasteiger charge is 2.39. The highest BCUT2D eigenvalue weighted by Crippen LogP contribution is 2.40. The third-order valence-corrected chi connectivity index (χ3v) is 6.07. The first-order valence-corrected chi connectivity index (χ1v) is 12.4. The minimum atomic E-state index is -5.03. The van der Waals surface area contributed by atoms with E-state index < -0.39 is 46.6 Å². The molecule has 3 aromatic carbocycles. The molecule has 4 aromatic rings. The Morgan fingerprint density at radius 1 is 0.976 bits per heavy atom. The SMILES string of the molecule is C[C@@H](NC(=O)OCc1ccccc1)C(=O)Oc1ccc2c(=O)c(-c3ccc4c(c3)OCCO4)c(C(F)(F)F)oc2c1. The molecule has 0 bridgehead atoms. The molecule has 0 saturated carbocycles. The summed E-state index contributed by atoms with van der Waals surface area (Å²) in [6.07, 6.45) is -5.90. The molecule has 1 atom stereocenters. The lowest BCUT2D eigenvalue weighted by atomic mass is 10.0. The largest absolute Gasteiger partial charge is 0.486 e. The van der Waals surface area contributed by atoms with Gasteiger partial charge in [0, 0.05) is 6.07 Å². The van der Waals surface area contributed by atoms with Crippen LogP contribution >= 0.6 is 0 Å². The standard InChI is InChI=1S/C29H22F3NO8/c1-16(33-28(36)39-15-17-5-3-2-4-6-17)27(35)40-19-8-9-20-22(14-19)41-26(29(30,31)32)24(25(20)34)18-7-10-21-23(13-18)38-12-11-37-21/h2-10,13-14,16H,11-12,15H2,1H3,(H,33,36)/t16-/m1/s1. The third-order valence-electron chi connectivity index (χ3n) is 6.07. The van der Waals surface area contributed by atoms with Crippen LogP contribution in [-0.4, -0.2) is 31.3 Å². The van der Waals surface area contributed by atoms with Crippen molar-refractivity contribution in [1.82, 2.24) is 5.32 Å². The lowest BCUT2D eigenvalue weighted by Crippen LogP contribution is -2.41. The van der Waals surface area contributed by atoms with Gasteiger partial charge in [0.2, 0.25) is 11.2 Å². The van der Waals surface area contributed by atoms with Gasteiger partial charge in [-0.1, -0.05) is 36.4 Å². The number of halogens is 3. The second-order valence-electron chi connectivity index (χ2n) is 9.00. The van der Waals surface area contributed by atoms with E-state index in [-0.39, 0.29) is 35.7 Å². The topological polar surface area (TPSA) is 113 Å². The van der Waals surface area contributed by atoms with Crippen LogP contribution in [0.1, 0.15) is 18.2 Å². The molecule has 9 nitrogen and oxygen atoms in total. The van der Waals surface area contributed by atoms with E-state index in [4.69, 9.17) is 23.4 Å². The van der Waals surface area contributed by atoms with Crippen molar-refractivity contribution >= 4 is 23.0 Å². The number of hydrogen-bond donors (Lipinski definition) is 1. The van der Waals surface area contributed by atoms with Gasteiger partial charge in [-0.25, -0.2) is 9.59 Å². The quantitative estimate of drug-likeness (QED) is 0.240. The zero-order chi connectivity index (χ0) is 29.1. The zero-order valence-corrected chi connectivity index (χ0v) is 21.4. The van der Waals surface area contributed by atoms with E-state index in [1.165, 1.54) is 37.3 Å². The van der Waals surface area contributed by atoms with Gasteiger partial charge in [-0.05, 0) is 42.3 Å². The molecular weight excluding hydrogens is 547 g/mol. The highest BCUT2D eigenvalue weighted by atomic mass is 19.4. The van der Waals surface area contributed by atoms with E-state index in [2.05, 4.69) is 5.32 Å². The lowest BCUT2D eigenvalue weighted by molar-refractivity contribution is -0.152. The van der Waals surface area contributed by atoms with Crippen LogP contribution in [0, 0.1) is 0 Å². The molecule has 1 aromatic heterocycles. The summed E-state index contributed by atoms with van der Waals surface area (Å²) in [5, 5.41) is 2.15. The molecule has 0 aliphatic carbocycles. The summed E-state index contributed by atoms with van der Waals surface area (Å²) in [5.74, 6) is -2.09. The molecule has 0 spiro atoms. The van der Waals surface area contributed by atoms with Crippen LogP contribution in [0.3, 0.4) is 0 Å². The van der Waals surface area contributed by atoms with Gasteiger partial charge in [-0.2, -0.15) is 13.2 Å². The maximum Gasteiger partial charge on any atom is 0.450 e. The van der Waals surface area contributed by atoms with Gasteiger partial charge >= 0.3 is 18.2 Å². The summed E-state index contributed by atoms with van der Waals surface area (Å²) in [4.78, 5) is 37.9. The Balaban J connectivity index is 1.37. The Bertz CT molecular complexity index is 1670. The number of ether oxygens (including phenoxy) is 4. The molecule has 212 valence electrons. The van der Waals surface area contributed by atoms with Gasteiger partial charge in [0.25, 0.3) is 0 Å². The molecule has 1 aliphatic heterocycles. The average Bonchev–Trinajstić information content (AvgIpc) is 2.95. The molecule has 1 amide bonds. The first-order valence-electron chi connectivity index (χ1n) is 12.4. The predicted octanol–water partition coefficient (Wildman–Crippen LogP) is 5.47. The molecule has 41 heavy (non-hydrogen) atoms. The first kappa shape index (κ1) is 27.6. The fraction of sp³-hybridized carbons (Fsp3) is 0.207. The fourth-order valence-electron chi connectivity index (χ4n) is 4.10. The van der Waals surface area contributed by atoms with Crippen molar-refractivity contribution in [3.63, 3.8) is 0 Å². The van der Waals surface area contributed by atoms with E-state index in [0.717, 1.165) is 11.6 Å². The van der Waals surface area contributed by atoms with Crippen molar-refractivity contribution in [1.29, 1.82) is 0 Å². The number of rotatable bonds is 6. The van der Waals surface area contributed by atoms with Crippen LogP contribution in [0.15, 0.2) is 75.9 Å². The average molecular weight is 569 g/mol. The molecule has 0 fully saturated rings. The first-order chi connectivity index (χ1) is 19.6. The van der Waals surface area contributed by atoms with Crippen molar-refractivity contribution in [3.8, 4) is 28.4 Å². The number of amides is 1. The van der Waals surface area contributed by atoms with Gasteiger partial charge in [0.1, 0.15) is 37.2 Å². The van der Waals surface area contributed by atoms with Crippen molar-refractivity contribution in [3.05, 3.63) is 88.3 Å². The van der Waals surface area contributed by atoms with Gasteiger partial charge < -0.3 is 28.7 Å². The molecular formula is C29H22F3NO8. The predicted molar refractivity (Wildman–Crippen MR) is 139 cm³/mol. The number of fused-ring (bicyclic) bond motifs is 2. The van der Waals surface area contributed by atoms with Crippen molar-refractivity contribution < 1.29 is 46.1 Å². The number of carbonyl (C=O) groups is 2. The Morgan fingerprint density at radius 2 is 1.71 bits per heavy atom. The van der Waals surface area contributed by atoms with Crippen LogP contribution < -0.4 is 25.0 Å². The van der Waals surface area contributed by atoms with Crippen LogP contribution in [0.5, 0.6) is 17.2 Å². The second kappa shape index (κ2) is 11.2. The van der Waals surface area contributed by atoms with E-state index >= 15 is 0 Å². The molecule has 2 heterocycles. The van der Waals surface area contributed by atoms with Crippen molar-refractivity contribution in [2.45, 2.75) is 25.7 Å². The number of alkyl halides is 3. The maximum absolute atomic E-state index is 14.1. The number of nitrogens with one attached hydrogen (secondary N) is 1. The molecule has 1 N–H and O–H groups in total. The number of carbonyl (C=O) groups excluding carboxylic acids is 2. The molecule has 0 radical (unpaired) electrons. The molecule has 0 saturated heterocycles. The summed E-state index contributed by atoms with van der Waals surface area (Å²) < 4.78 is 68.5. The van der Waals surface area contributed by atoms with E-state index in [9.17, 15) is 27.6 Å². The number of benzene rings is 3.